The first-order valence-electron chi connectivity index (χ1n) is 7.33. The van der Waals surface area contributed by atoms with E-state index in [9.17, 15) is 9.59 Å². The fraction of sp³-hybridized carbons (Fsp3) is 0.467. The second-order valence-corrected chi connectivity index (χ2v) is 6.41. The van der Waals surface area contributed by atoms with Crippen LogP contribution in [0.3, 0.4) is 0 Å². The number of carbonyl (C=O) groups is 2. The van der Waals surface area contributed by atoms with Crippen LogP contribution < -0.4 is 16.1 Å². The molecule has 1 fully saturated rings. The fourth-order valence-corrected chi connectivity index (χ4v) is 2.03. The Labute approximate surface area is 135 Å². The summed E-state index contributed by atoms with van der Waals surface area (Å²) in [5, 5.41) is 13.3. The van der Waals surface area contributed by atoms with Crippen LogP contribution in [-0.4, -0.2) is 42.0 Å². The van der Waals surface area contributed by atoms with E-state index in [4.69, 9.17) is 14.4 Å². The van der Waals surface area contributed by atoms with Crippen molar-refractivity contribution in [2.75, 3.05) is 11.9 Å². The van der Waals surface area contributed by atoms with Gasteiger partial charge in [-0.25, -0.2) is 4.79 Å². The molecule has 2 rings (SSSR count). The van der Waals surface area contributed by atoms with E-state index in [1.54, 1.807) is 24.3 Å². The largest absolute Gasteiger partial charge is 0.494 e. The lowest BCUT2D eigenvalue weighted by Gasteiger charge is -2.32. The topological polar surface area (TPSA) is 96.9 Å². The standard InChI is InChI=1S/C15H21BN2O5/c1-14(2)15(3,4)23-16(22-14)10-5-7-11(8-6-10)18-13(21)17-9-12(19)20/h5-8H,9H2,1-4H3,(H,19,20)(H2,17,18,21). The van der Waals surface area contributed by atoms with Crippen molar-refractivity contribution < 1.29 is 24.0 Å². The first-order chi connectivity index (χ1) is 10.6. The molecule has 1 saturated heterocycles. The quantitative estimate of drug-likeness (QED) is 0.724. The van der Waals surface area contributed by atoms with Gasteiger partial charge in [-0.15, -0.1) is 0 Å². The van der Waals surface area contributed by atoms with E-state index >= 15 is 0 Å². The van der Waals surface area contributed by atoms with Crippen LogP contribution in [0.25, 0.3) is 0 Å². The summed E-state index contributed by atoms with van der Waals surface area (Å²) in [5.74, 6) is -1.10. The average Bonchev–Trinajstić information content (AvgIpc) is 2.66. The van der Waals surface area contributed by atoms with Crippen molar-refractivity contribution in [1.29, 1.82) is 0 Å². The summed E-state index contributed by atoms with van der Waals surface area (Å²) in [6.07, 6.45) is 0. The number of carbonyl (C=O) groups excluding carboxylic acids is 1. The molecule has 0 aromatic heterocycles. The first-order valence-corrected chi connectivity index (χ1v) is 7.33. The third-order valence-electron chi connectivity index (χ3n) is 4.09. The monoisotopic (exact) mass is 320 g/mol. The van der Waals surface area contributed by atoms with Crippen LogP contribution in [0.2, 0.25) is 0 Å². The number of benzene rings is 1. The maximum atomic E-state index is 11.5. The van der Waals surface area contributed by atoms with Crippen molar-refractivity contribution in [2.24, 2.45) is 0 Å². The number of aliphatic carboxylic acids is 1. The van der Waals surface area contributed by atoms with Gasteiger partial charge in [0.15, 0.2) is 0 Å². The zero-order valence-electron chi connectivity index (χ0n) is 13.7. The number of rotatable bonds is 4. The number of urea groups is 1. The molecule has 0 spiro atoms. The molecule has 1 heterocycles. The van der Waals surface area contributed by atoms with Gasteiger partial charge in [0, 0.05) is 5.69 Å². The van der Waals surface area contributed by atoms with Crippen LogP contribution in [0.4, 0.5) is 10.5 Å². The number of carboxylic acids is 1. The van der Waals surface area contributed by atoms with Crippen molar-refractivity contribution >= 4 is 30.3 Å². The van der Waals surface area contributed by atoms with Crippen molar-refractivity contribution in [2.45, 2.75) is 38.9 Å². The average molecular weight is 320 g/mol. The zero-order chi connectivity index (χ0) is 17.3. The van der Waals surface area contributed by atoms with E-state index in [1.165, 1.54) is 0 Å². The minimum atomic E-state index is -1.10. The van der Waals surface area contributed by atoms with Gasteiger partial charge in [0.1, 0.15) is 6.54 Å². The third-order valence-corrected chi connectivity index (χ3v) is 4.09. The van der Waals surface area contributed by atoms with Crippen LogP contribution >= 0.6 is 0 Å². The normalized spacial score (nSPS) is 18.5. The fourth-order valence-electron chi connectivity index (χ4n) is 2.03. The molecule has 0 radical (unpaired) electrons. The lowest BCUT2D eigenvalue weighted by molar-refractivity contribution is -0.135. The lowest BCUT2D eigenvalue weighted by atomic mass is 9.79. The number of amides is 2. The van der Waals surface area contributed by atoms with E-state index in [1.807, 2.05) is 27.7 Å². The molecule has 1 aromatic carbocycles. The molecule has 124 valence electrons. The van der Waals surface area contributed by atoms with E-state index in [-0.39, 0.29) is 0 Å². The molecule has 1 aliphatic rings. The smallest absolute Gasteiger partial charge is 0.480 e. The third kappa shape index (κ3) is 4.03. The SMILES string of the molecule is CC1(C)OB(c2ccc(NC(=O)NCC(=O)O)cc2)OC1(C)C. The van der Waals surface area contributed by atoms with Gasteiger partial charge in [-0.2, -0.15) is 0 Å². The van der Waals surface area contributed by atoms with E-state index in [2.05, 4.69) is 10.6 Å². The Morgan fingerprint density at radius 1 is 1.09 bits per heavy atom. The van der Waals surface area contributed by atoms with Gasteiger partial charge in [-0.05, 0) is 45.3 Å². The van der Waals surface area contributed by atoms with Gasteiger partial charge in [-0.1, -0.05) is 12.1 Å². The van der Waals surface area contributed by atoms with Gasteiger partial charge < -0.3 is 25.0 Å². The van der Waals surface area contributed by atoms with Crippen LogP contribution in [0.15, 0.2) is 24.3 Å². The molecule has 1 aromatic rings. The van der Waals surface area contributed by atoms with Crippen LogP contribution in [0.1, 0.15) is 27.7 Å². The maximum absolute atomic E-state index is 11.5. The van der Waals surface area contributed by atoms with Crippen LogP contribution in [0, 0.1) is 0 Å². The second-order valence-electron chi connectivity index (χ2n) is 6.41. The molecule has 0 atom stereocenters. The molecule has 2 amide bonds. The highest BCUT2D eigenvalue weighted by molar-refractivity contribution is 6.62. The Bertz CT molecular complexity index is 584. The molecular formula is C15H21BN2O5. The molecule has 0 aliphatic carbocycles. The Morgan fingerprint density at radius 2 is 1.61 bits per heavy atom. The number of nitrogens with one attached hydrogen (secondary N) is 2. The highest BCUT2D eigenvalue weighted by Crippen LogP contribution is 2.36. The van der Waals surface area contributed by atoms with E-state index < -0.39 is 36.9 Å². The maximum Gasteiger partial charge on any atom is 0.494 e. The van der Waals surface area contributed by atoms with E-state index in [0.29, 0.717) is 5.69 Å². The summed E-state index contributed by atoms with van der Waals surface area (Å²) in [6, 6.07) is 6.45. The molecule has 0 unspecified atom stereocenters. The molecule has 0 bridgehead atoms. The predicted molar refractivity (Wildman–Crippen MR) is 86.8 cm³/mol. The molecule has 7 nitrogen and oxygen atoms in total. The number of carboxylic acid groups (broad SMARTS) is 1. The van der Waals surface area contributed by atoms with Gasteiger partial charge >= 0.3 is 19.1 Å². The van der Waals surface area contributed by atoms with E-state index in [0.717, 1.165) is 5.46 Å². The van der Waals surface area contributed by atoms with Crippen LogP contribution in [0.5, 0.6) is 0 Å². The molecule has 1 aliphatic heterocycles. The first kappa shape index (κ1) is 17.3. The van der Waals surface area contributed by atoms with Crippen molar-refractivity contribution in [1.82, 2.24) is 5.32 Å². The number of anilines is 1. The predicted octanol–water partition coefficient (Wildman–Crippen LogP) is 1.19. The second kappa shape index (κ2) is 6.21. The molecule has 3 N–H and O–H groups in total. The summed E-state index contributed by atoms with van der Waals surface area (Å²) in [5.41, 5.74) is 0.574. The summed E-state index contributed by atoms with van der Waals surface area (Å²) < 4.78 is 11.9. The summed E-state index contributed by atoms with van der Waals surface area (Å²) in [7, 11) is -0.463. The minimum Gasteiger partial charge on any atom is -0.480 e. The van der Waals surface area contributed by atoms with Gasteiger partial charge in [-0.3, -0.25) is 4.79 Å². The highest BCUT2D eigenvalue weighted by Gasteiger charge is 2.51. The highest BCUT2D eigenvalue weighted by atomic mass is 16.7. The Balaban J connectivity index is 1.98. The van der Waals surface area contributed by atoms with Crippen LogP contribution in [-0.2, 0) is 14.1 Å². The van der Waals surface area contributed by atoms with Gasteiger partial charge in [0.25, 0.3) is 0 Å². The lowest BCUT2D eigenvalue weighted by Crippen LogP contribution is -2.41. The molecule has 8 heteroatoms. The summed E-state index contributed by atoms with van der Waals surface area (Å²) >= 11 is 0. The van der Waals surface area contributed by atoms with Gasteiger partial charge in [0.2, 0.25) is 0 Å². The summed E-state index contributed by atoms with van der Waals surface area (Å²) in [6.45, 7) is 7.49. The van der Waals surface area contributed by atoms with Crippen molar-refractivity contribution in [3.05, 3.63) is 24.3 Å². The Kier molecular flexibility index (Phi) is 4.67. The number of hydrogen-bond donors (Lipinski definition) is 3. The van der Waals surface area contributed by atoms with Crippen molar-refractivity contribution in [3.8, 4) is 0 Å². The minimum absolute atomic E-state index is 0.411. The molecule has 23 heavy (non-hydrogen) atoms. The Morgan fingerprint density at radius 3 is 2.09 bits per heavy atom. The van der Waals surface area contributed by atoms with Crippen molar-refractivity contribution in [3.63, 3.8) is 0 Å². The summed E-state index contributed by atoms with van der Waals surface area (Å²) in [4.78, 5) is 21.9. The Hall–Kier alpha value is -2.06. The zero-order valence-corrected chi connectivity index (χ0v) is 13.7. The van der Waals surface area contributed by atoms with Gasteiger partial charge in [0.05, 0.1) is 11.2 Å². The number of hydrogen-bond acceptors (Lipinski definition) is 4. The molecular weight excluding hydrogens is 299 g/mol. The molecule has 0 saturated carbocycles.